The lowest BCUT2D eigenvalue weighted by Crippen LogP contribution is -2.27. The van der Waals surface area contributed by atoms with Crippen LogP contribution in [0.4, 0.5) is 0 Å². The van der Waals surface area contributed by atoms with Crippen molar-refractivity contribution in [2.45, 2.75) is 6.54 Å². The van der Waals surface area contributed by atoms with Gasteiger partial charge in [-0.3, -0.25) is 9.69 Å². The zero-order valence-corrected chi connectivity index (χ0v) is 17.5. The van der Waals surface area contributed by atoms with Crippen molar-refractivity contribution in [1.29, 1.82) is 0 Å². The molecule has 1 aliphatic rings. The van der Waals surface area contributed by atoms with Crippen molar-refractivity contribution >= 4 is 57.9 Å². The first-order chi connectivity index (χ1) is 14.4. The molecular formula is C20H12ClN3O4S2. The molecule has 0 unspecified atom stereocenters. The molecule has 2 aromatic carbocycles. The van der Waals surface area contributed by atoms with Gasteiger partial charge in [-0.05, 0) is 42.0 Å². The average molecular weight is 458 g/mol. The van der Waals surface area contributed by atoms with Gasteiger partial charge in [-0.1, -0.05) is 53.8 Å². The van der Waals surface area contributed by atoms with Crippen LogP contribution in [0, 0.1) is 0 Å². The highest BCUT2D eigenvalue weighted by Crippen LogP contribution is 2.34. The zero-order valence-electron chi connectivity index (χ0n) is 15.1. The second-order valence-electron chi connectivity index (χ2n) is 6.21. The van der Waals surface area contributed by atoms with Crippen molar-refractivity contribution in [3.63, 3.8) is 0 Å². The Morgan fingerprint density at radius 3 is 2.70 bits per heavy atom. The summed E-state index contributed by atoms with van der Waals surface area (Å²) in [7, 11) is 0. The van der Waals surface area contributed by atoms with Crippen LogP contribution >= 0.6 is 35.6 Å². The maximum atomic E-state index is 12.8. The fourth-order valence-electron chi connectivity index (χ4n) is 2.70. The summed E-state index contributed by atoms with van der Waals surface area (Å²) in [6.07, 6.45) is 1.66. The molecule has 7 nitrogen and oxygen atoms in total. The van der Waals surface area contributed by atoms with Gasteiger partial charge in [0.2, 0.25) is 11.8 Å². The normalized spacial score (nSPS) is 15.2. The molecule has 0 spiro atoms. The first kappa shape index (κ1) is 20.3. The van der Waals surface area contributed by atoms with E-state index in [1.165, 1.54) is 17.0 Å². The molecule has 0 atom stereocenters. The van der Waals surface area contributed by atoms with Crippen LogP contribution in [0.2, 0.25) is 5.02 Å². The van der Waals surface area contributed by atoms with Gasteiger partial charge in [0.1, 0.15) is 10.9 Å². The van der Waals surface area contributed by atoms with E-state index in [-0.39, 0.29) is 23.9 Å². The Balaban J connectivity index is 1.50. The Morgan fingerprint density at radius 1 is 1.23 bits per heavy atom. The Kier molecular flexibility index (Phi) is 5.67. The summed E-state index contributed by atoms with van der Waals surface area (Å²) < 4.78 is 6.02. The third-order valence-electron chi connectivity index (χ3n) is 4.16. The van der Waals surface area contributed by atoms with Gasteiger partial charge >= 0.3 is 5.97 Å². The lowest BCUT2D eigenvalue weighted by molar-refractivity contribution is -0.122. The van der Waals surface area contributed by atoms with E-state index in [0.29, 0.717) is 31.3 Å². The van der Waals surface area contributed by atoms with Gasteiger partial charge in [-0.15, -0.1) is 10.2 Å². The second kappa shape index (κ2) is 8.39. The number of carboxylic acids is 1. The number of thiocarbonyl (C=S) groups is 1. The van der Waals surface area contributed by atoms with Crippen molar-refractivity contribution in [2.75, 3.05) is 0 Å². The molecule has 1 aromatic heterocycles. The standard InChI is InChI=1S/C20H12ClN3O4S2/c21-14-3-1-2-13(9-14)17-23-22-16(28-17)10-24-18(25)15(30-20(24)29)8-11-4-6-12(7-5-11)19(26)27/h1-9H,10H2,(H,26,27)/b15-8-. The lowest BCUT2D eigenvalue weighted by Gasteiger charge is -2.10. The van der Waals surface area contributed by atoms with Crippen LogP contribution in [0.1, 0.15) is 21.8 Å². The molecule has 4 rings (SSSR count). The number of carbonyl (C=O) groups is 2. The van der Waals surface area contributed by atoms with Crippen molar-refractivity contribution in [3.05, 3.63) is 75.5 Å². The predicted octanol–water partition coefficient (Wildman–Crippen LogP) is 4.49. The summed E-state index contributed by atoms with van der Waals surface area (Å²) in [6.45, 7) is 0.0491. The van der Waals surface area contributed by atoms with E-state index in [2.05, 4.69) is 10.2 Å². The van der Waals surface area contributed by atoms with Gasteiger partial charge in [0.05, 0.1) is 10.5 Å². The molecule has 2 heterocycles. The largest absolute Gasteiger partial charge is 0.478 e. The molecule has 0 bridgehead atoms. The van der Waals surface area contributed by atoms with E-state index in [4.69, 9.17) is 33.3 Å². The Labute approximate surface area is 185 Å². The molecule has 0 aliphatic carbocycles. The molecule has 0 saturated carbocycles. The molecular weight excluding hydrogens is 446 g/mol. The quantitative estimate of drug-likeness (QED) is 0.442. The third kappa shape index (κ3) is 4.28. The van der Waals surface area contributed by atoms with Crippen molar-refractivity contribution in [2.24, 2.45) is 0 Å². The topological polar surface area (TPSA) is 96.5 Å². The Hall–Kier alpha value is -3.01. The smallest absolute Gasteiger partial charge is 0.335 e. The molecule has 1 N–H and O–H groups in total. The van der Waals surface area contributed by atoms with E-state index in [9.17, 15) is 9.59 Å². The maximum absolute atomic E-state index is 12.8. The van der Waals surface area contributed by atoms with Crippen LogP contribution in [-0.2, 0) is 11.3 Å². The number of amides is 1. The van der Waals surface area contributed by atoms with Crippen LogP contribution in [0.25, 0.3) is 17.5 Å². The number of nitrogens with zero attached hydrogens (tertiary/aromatic N) is 3. The van der Waals surface area contributed by atoms with Gasteiger partial charge < -0.3 is 9.52 Å². The molecule has 30 heavy (non-hydrogen) atoms. The second-order valence-corrected chi connectivity index (χ2v) is 8.32. The molecule has 3 aromatic rings. The number of carbonyl (C=O) groups excluding carboxylic acids is 1. The number of hydrogen-bond acceptors (Lipinski definition) is 7. The maximum Gasteiger partial charge on any atom is 0.335 e. The Bertz CT molecular complexity index is 1190. The average Bonchev–Trinajstić information content (AvgIpc) is 3.29. The highest BCUT2D eigenvalue weighted by atomic mass is 35.5. The van der Waals surface area contributed by atoms with Crippen LogP contribution in [0.3, 0.4) is 0 Å². The minimum absolute atomic E-state index is 0.0491. The third-order valence-corrected chi connectivity index (χ3v) is 5.77. The summed E-state index contributed by atoms with van der Waals surface area (Å²) in [5, 5.41) is 17.5. The predicted molar refractivity (Wildman–Crippen MR) is 117 cm³/mol. The SMILES string of the molecule is O=C(O)c1ccc(/C=C2\SC(=S)N(Cc3nnc(-c4cccc(Cl)c4)o3)C2=O)cc1. The highest BCUT2D eigenvalue weighted by molar-refractivity contribution is 8.26. The van der Waals surface area contributed by atoms with Gasteiger partial charge in [0.15, 0.2) is 0 Å². The van der Waals surface area contributed by atoms with E-state index in [1.807, 2.05) is 0 Å². The van der Waals surface area contributed by atoms with Crippen LogP contribution in [0.15, 0.2) is 57.9 Å². The molecule has 0 radical (unpaired) electrons. The van der Waals surface area contributed by atoms with E-state index >= 15 is 0 Å². The number of benzene rings is 2. The zero-order chi connectivity index (χ0) is 21.3. The van der Waals surface area contributed by atoms with Crippen LogP contribution in [-0.4, -0.2) is 36.4 Å². The fraction of sp³-hybridized carbons (Fsp3) is 0.0500. The minimum Gasteiger partial charge on any atom is -0.478 e. The molecule has 1 fully saturated rings. The summed E-state index contributed by atoms with van der Waals surface area (Å²) in [5.74, 6) is -0.750. The summed E-state index contributed by atoms with van der Waals surface area (Å²) in [6, 6.07) is 13.2. The molecule has 150 valence electrons. The van der Waals surface area contributed by atoms with Gasteiger partial charge in [0.25, 0.3) is 5.91 Å². The van der Waals surface area contributed by atoms with E-state index < -0.39 is 5.97 Å². The first-order valence-corrected chi connectivity index (χ1v) is 10.2. The molecule has 1 saturated heterocycles. The summed E-state index contributed by atoms with van der Waals surface area (Å²) in [5.41, 5.74) is 1.55. The van der Waals surface area contributed by atoms with Crippen molar-refractivity contribution in [1.82, 2.24) is 15.1 Å². The number of aromatic carboxylic acids is 1. The first-order valence-electron chi connectivity index (χ1n) is 8.58. The lowest BCUT2D eigenvalue weighted by atomic mass is 10.1. The number of hydrogen-bond donors (Lipinski definition) is 1. The number of aromatic nitrogens is 2. The van der Waals surface area contributed by atoms with E-state index in [0.717, 1.165) is 11.8 Å². The van der Waals surface area contributed by atoms with Gasteiger partial charge in [-0.2, -0.15) is 0 Å². The van der Waals surface area contributed by atoms with Crippen LogP contribution < -0.4 is 0 Å². The van der Waals surface area contributed by atoms with Gasteiger partial charge in [-0.25, -0.2) is 4.79 Å². The fourth-order valence-corrected chi connectivity index (χ4v) is 4.15. The van der Waals surface area contributed by atoms with Crippen LogP contribution in [0.5, 0.6) is 0 Å². The highest BCUT2D eigenvalue weighted by Gasteiger charge is 2.33. The summed E-state index contributed by atoms with van der Waals surface area (Å²) in [4.78, 5) is 25.5. The summed E-state index contributed by atoms with van der Waals surface area (Å²) >= 11 is 12.5. The molecule has 1 aliphatic heterocycles. The number of thioether (sulfide) groups is 1. The Morgan fingerprint density at radius 2 is 2.00 bits per heavy atom. The monoisotopic (exact) mass is 457 g/mol. The number of carboxylic acid groups (broad SMARTS) is 1. The molecule has 10 heteroatoms. The number of halogens is 1. The number of rotatable bonds is 5. The van der Waals surface area contributed by atoms with Gasteiger partial charge in [0, 0.05) is 10.6 Å². The van der Waals surface area contributed by atoms with Crippen molar-refractivity contribution in [3.8, 4) is 11.5 Å². The molecule has 1 amide bonds. The van der Waals surface area contributed by atoms with E-state index in [1.54, 1.807) is 42.5 Å². The minimum atomic E-state index is -1.01. The van der Waals surface area contributed by atoms with Crippen molar-refractivity contribution < 1.29 is 19.1 Å².